The van der Waals surface area contributed by atoms with Crippen molar-refractivity contribution in [1.82, 2.24) is 4.98 Å². The third kappa shape index (κ3) is 6.26. The molecule has 0 saturated heterocycles. The van der Waals surface area contributed by atoms with E-state index in [9.17, 15) is 14.9 Å². The van der Waals surface area contributed by atoms with Gasteiger partial charge >= 0.3 is 0 Å². The van der Waals surface area contributed by atoms with Crippen LogP contribution in [0.15, 0.2) is 72.0 Å². The van der Waals surface area contributed by atoms with Crippen LogP contribution in [0.1, 0.15) is 5.56 Å². The molecule has 1 aromatic heterocycles. The number of pyridine rings is 1. The van der Waals surface area contributed by atoms with E-state index in [2.05, 4.69) is 20.8 Å². The minimum atomic E-state index is -0.522. The highest BCUT2D eigenvalue weighted by Crippen LogP contribution is 2.23. The molecule has 0 bridgehead atoms. The van der Waals surface area contributed by atoms with Crippen LogP contribution in [0.2, 0.25) is 0 Å². The number of nitro groups is 1. The highest BCUT2D eigenvalue weighted by Gasteiger charge is 2.08. The number of para-hydroxylation sites is 2. The molecule has 0 aliphatic carbocycles. The average molecular weight is 421 g/mol. The second-order valence-corrected chi connectivity index (χ2v) is 6.13. The van der Waals surface area contributed by atoms with Gasteiger partial charge in [0, 0.05) is 6.07 Å². The van der Waals surface area contributed by atoms with E-state index in [1.54, 1.807) is 48.7 Å². The normalized spacial score (nSPS) is 10.5. The smallest absolute Gasteiger partial charge is 0.287 e. The van der Waals surface area contributed by atoms with Crippen LogP contribution >= 0.6 is 0 Å². The number of ether oxygens (including phenoxy) is 2. The van der Waals surface area contributed by atoms with E-state index in [0.29, 0.717) is 23.0 Å². The van der Waals surface area contributed by atoms with Crippen molar-refractivity contribution in [2.45, 2.75) is 0 Å². The molecule has 1 amide bonds. The molecule has 0 aliphatic heterocycles. The molecule has 0 spiro atoms. The lowest BCUT2D eigenvalue weighted by atomic mass is 10.2. The number of carbonyl (C=O) groups is 1. The molecule has 0 radical (unpaired) electrons. The van der Waals surface area contributed by atoms with Gasteiger partial charge in [-0.3, -0.25) is 20.3 Å². The number of methoxy groups -OCH3 is 1. The Morgan fingerprint density at radius 2 is 1.94 bits per heavy atom. The first-order valence-corrected chi connectivity index (χ1v) is 9.10. The minimum Gasteiger partial charge on any atom is -0.495 e. The largest absolute Gasteiger partial charge is 0.495 e. The summed E-state index contributed by atoms with van der Waals surface area (Å²) in [5.74, 6) is 1.16. The molecule has 0 saturated carbocycles. The molecular formula is C21H19N5O5. The zero-order valence-electron chi connectivity index (χ0n) is 16.5. The molecular weight excluding hydrogens is 402 g/mol. The molecule has 0 atom stereocenters. The summed E-state index contributed by atoms with van der Waals surface area (Å²) in [5, 5.41) is 17.4. The van der Waals surface area contributed by atoms with Gasteiger partial charge < -0.3 is 14.8 Å². The number of aromatic nitrogens is 1. The fourth-order valence-corrected chi connectivity index (χ4v) is 2.47. The van der Waals surface area contributed by atoms with E-state index in [1.165, 1.54) is 19.2 Å². The van der Waals surface area contributed by atoms with Crippen molar-refractivity contribution in [3.63, 3.8) is 0 Å². The molecule has 2 aromatic carbocycles. The van der Waals surface area contributed by atoms with Gasteiger partial charge in [0.2, 0.25) is 0 Å². The summed E-state index contributed by atoms with van der Waals surface area (Å²) in [7, 11) is 1.53. The SMILES string of the molecule is COc1ccccc1NC(=O)COc1ccc(/C=N\Nc2ccc([N+](=O)[O-])cn2)cc1. The Hall–Kier alpha value is -4.47. The number of hydrogen-bond acceptors (Lipinski definition) is 8. The van der Waals surface area contributed by atoms with E-state index in [1.807, 2.05) is 6.07 Å². The van der Waals surface area contributed by atoms with Gasteiger partial charge in [0.25, 0.3) is 11.6 Å². The zero-order valence-corrected chi connectivity index (χ0v) is 16.5. The van der Waals surface area contributed by atoms with Crippen LogP contribution in [0.4, 0.5) is 17.2 Å². The van der Waals surface area contributed by atoms with Crippen LogP contribution in [0.5, 0.6) is 11.5 Å². The number of benzene rings is 2. The van der Waals surface area contributed by atoms with Gasteiger partial charge in [-0.15, -0.1) is 0 Å². The minimum absolute atomic E-state index is 0.0956. The predicted molar refractivity (Wildman–Crippen MR) is 116 cm³/mol. The van der Waals surface area contributed by atoms with E-state index in [4.69, 9.17) is 9.47 Å². The summed E-state index contributed by atoms with van der Waals surface area (Å²) in [4.78, 5) is 26.1. The van der Waals surface area contributed by atoms with Crippen LogP contribution in [-0.2, 0) is 4.79 Å². The van der Waals surface area contributed by atoms with Crippen LogP contribution in [0.3, 0.4) is 0 Å². The topological polar surface area (TPSA) is 128 Å². The lowest BCUT2D eigenvalue weighted by Gasteiger charge is -2.10. The molecule has 31 heavy (non-hydrogen) atoms. The van der Waals surface area contributed by atoms with Gasteiger partial charge in [-0.25, -0.2) is 4.98 Å². The fraction of sp³-hybridized carbons (Fsp3) is 0.0952. The summed E-state index contributed by atoms with van der Waals surface area (Å²) >= 11 is 0. The summed E-state index contributed by atoms with van der Waals surface area (Å²) in [6.45, 7) is -0.154. The van der Waals surface area contributed by atoms with Crippen molar-refractivity contribution in [2.24, 2.45) is 5.10 Å². The van der Waals surface area contributed by atoms with Gasteiger partial charge in [-0.2, -0.15) is 5.10 Å². The Bertz CT molecular complexity index is 1070. The standard InChI is InChI=1S/C21H19N5O5/c1-30-19-5-3-2-4-18(19)24-21(27)14-31-17-9-6-15(7-10-17)12-23-25-20-11-8-16(13-22-20)26(28)29/h2-13H,14H2,1H3,(H,22,25)(H,24,27)/b23-12-. The Labute approximate surface area is 177 Å². The summed E-state index contributed by atoms with van der Waals surface area (Å²) in [6, 6.07) is 16.9. The first kappa shape index (κ1) is 21.2. The Morgan fingerprint density at radius 1 is 1.16 bits per heavy atom. The first-order chi connectivity index (χ1) is 15.0. The Kier molecular flexibility index (Phi) is 7.09. The molecule has 0 aliphatic rings. The zero-order chi connectivity index (χ0) is 22.1. The summed E-state index contributed by atoms with van der Waals surface area (Å²) < 4.78 is 10.7. The number of hydrazone groups is 1. The molecule has 10 heteroatoms. The molecule has 10 nitrogen and oxygen atoms in total. The second-order valence-electron chi connectivity index (χ2n) is 6.13. The number of nitrogens with one attached hydrogen (secondary N) is 2. The fourth-order valence-electron chi connectivity index (χ4n) is 2.47. The summed E-state index contributed by atoms with van der Waals surface area (Å²) in [6.07, 6.45) is 2.70. The number of anilines is 2. The maximum atomic E-state index is 12.1. The van der Waals surface area contributed by atoms with Gasteiger partial charge in [-0.05, 0) is 48.0 Å². The third-order valence-electron chi connectivity index (χ3n) is 3.98. The predicted octanol–water partition coefficient (Wildman–Crippen LogP) is 3.46. The van der Waals surface area contributed by atoms with Crippen molar-refractivity contribution in [2.75, 3.05) is 24.5 Å². The van der Waals surface area contributed by atoms with Gasteiger partial charge in [0.1, 0.15) is 23.5 Å². The van der Waals surface area contributed by atoms with Crippen molar-refractivity contribution in [3.8, 4) is 11.5 Å². The van der Waals surface area contributed by atoms with Crippen molar-refractivity contribution in [3.05, 3.63) is 82.5 Å². The first-order valence-electron chi connectivity index (χ1n) is 9.10. The van der Waals surface area contributed by atoms with Crippen LogP contribution < -0.4 is 20.2 Å². The second kappa shape index (κ2) is 10.3. The van der Waals surface area contributed by atoms with Crippen LogP contribution in [0, 0.1) is 10.1 Å². The molecule has 2 N–H and O–H groups in total. The van der Waals surface area contributed by atoms with E-state index < -0.39 is 4.92 Å². The maximum absolute atomic E-state index is 12.1. The number of amides is 1. The van der Waals surface area contributed by atoms with Gasteiger partial charge in [0.15, 0.2) is 6.61 Å². The maximum Gasteiger partial charge on any atom is 0.287 e. The third-order valence-corrected chi connectivity index (χ3v) is 3.98. The molecule has 1 heterocycles. The number of nitrogens with zero attached hydrogens (tertiary/aromatic N) is 3. The molecule has 0 unspecified atom stereocenters. The number of carbonyl (C=O) groups excluding carboxylic acids is 1. The van der Waals surface area contributed by atoms with Gasteiger partial charge in [-0.1, -0.05) is 12.1 Å². The Morgan fingerprint density at radius 3 is 2.61 bits per heavy atom. The summed E-state index contributed by atoms with van der Waals surface area (Å²) in [5.41, 5.74) is 3.94. The molecule has 158 valence electrons. The molecule has 3 aromatic rings. The monoisotopic (exact) mass is 421 g/mol. The van der Waals surface area contributed by atoms with Crippen molar-refractivity contribution in [1.29, 1.82) is 0 Å². The highest BCUT2D eigenvalue weighted by molar-refractivity contribution is 5.93. The number of hydrogen-bond donors (Lipinski definition) is 2. The Balaban J connectivity index is 1.47. The molecule has 0 fully saturated rings. The number of rotatable bonds is 9. The van der Waals surface area contributed by atoms with Crippen LogP contribution in [-0.4, -0.2) is 35.7 Å². The average Bonchev–Trinajstić information content (AvgIpc) is 2.79. The van der Waals surface area contributed by atoms with E-state index in [0.717, 1.165) is 11.8 Å². The van der Waals surface area contributed by atoms with Crippen LogP contribution in [0.25, 0.3) is 0 Å². The van der Waals surface area contributed by atoms with E-state index in [-0.39, 0.29) is 18.2 Å². The van der Waals surface area contributed by atoms with Crippen molar-refractivity contribution >= 4 is 29.3 Å². The van der Waals surface area contributed by atoms with E-state index >= 15 is 0 Å². The highest BCUT2D eigenvalue weighted by atomic mass is 16.6. The van der Waals surface area contributed by atoms with Crippen molar-refractivity contribution < 1.29 is 19.2 Å². The lowest BCUT2D eigenvalue weighted by Crippen LogP contribution is -2.20. The van der Waals surface area contributed by atoms with Gasteiger partial charge in [0.05, 0.1) is 23.9 Å². The lowest BCUT2D eigenvalue weighted by molar-refractivity contribution is -0.385. The quantitative estimate of drug-likeness (QED) is 0.308. The molecule has 3 rings (SSSR count).